The van der Waals surface area contributed by atoms with Crippen molar-refractivity contribution in [2.24, 2.45) is 5.41 Å². The summed E-state index contributed by atoms with van der Waals surface area (Å²) in [7, 11) is 0. The number of rotatable bonds is 1. The highest BCUT2D eigenvalue weighted by Gasteiger charge is 2.32. The zero-order chi connectivity index (χ0) is 17.1. The molecule has 124 valence electrons. The summed E-state index contributed by atoms with van der Waals surface area (Å²) in [6, 6.07) is 8.15. The highest BCUT2D eigenvalue weighted by atomic mass is 16.5. The summed E-state index contributed by atoms with van der Waals surface area (Å²) in [5, 5.41) is 0. The molecular formula is C21H23NO2. The number of ketones is 1. The fourth-order valence-electron chi connectivity index (χ4n) is 3.93. The topological polar surface area (TPSA) is 39.2 Å². The van der Waals surface area contributed by atoms with Crippen LogP contribution >= 0.6 is 0 Å². The molecule has 3 nitrogen and oxygen atoms in total. The number of benzene rings is 1. The lowest BCUT2D eigenvalue weighted by molar-refractivity contribution is 0.0910. The zero-order valence-electron chi connectivity index (χ0n) is 14.8. The Kier molecular flexibility index (Phi) is 3.31. The second kappa shape index (κ2) is 5.17. The molecule has 2 aromatic rings. The van der Waals surface area contributed by atoms with Crippen molar-refractivity contribution in [2.75, 3.05) is 0 Å². The molecule has 2 aliphatic rings. The number of ether oxygens (including phenoxy) is 1. The lowest BCUT2D eigenvalue weighted by Gasteiger charge is -2.29. The number of aryl methyl sites for hydroxylation is 1. The molecule has 0 saturated heterocycles. The minimum Gasteiger partial charge on any atom is -0.489 e. The number of Topliss-reactive ketones (excluding diaryl/α,β-unsaturated/α-hetero) is 1. The van der Waals surface area contributed by atoms with Gasteiger partial charge in [-0.3, -0.25) is 9.78 Å². The smallest absolute Gasteiger partial charge is 0.165 e. The van der Waals surface area contributed by atoms with Crippen LogP contribution in [0.25, 0.3) is 11.3 Å². The molecule has 1 atom stereocenters. The van der Waals surface area contributed by atoms with E-state index in [0.717, 1.165) is 41.1 Å². The van der Waals surface area contributed by atoms with Gasteiger partial charge in [0.25, 0.3) is 0 Å². The van der Waals surface area contributed by atoms with E-state index >= 15 is 0 Å². The molecule has 1 unspecified atom stereocenters. The summed E-state index contributed by atoms with van der Waals surface area (Å²) in [5.74, 6) is 1.18. The van der Waals surface area contributed by atoms with Crippen LogP contribution in [0.15, 0.2) is 24.3 Å². The van der Waals surface area contributed by atoms with Gasteiger partial charge < -0.3 is 4.74 Å². The largest absolute Gasteiger partial charge is 0.489 e. The van der Waals surface area contributed by atoms with Crippen molar-refractivity contribution in [1.82, 2.24) is 4.98 Å². The lowest BCUT2D eigenvalue weighted by Crippen LogP contribution is -2.27. The van der Waals surface area contributed by atoms with Crippen LogP contribution in [0, 0.1) is 12.3 Å². The van der Waals surface area contributed by atoms with Crippen LogP contribution in [-0.2, 0) is 12.8 Å². The summed E-state index contributed by atoms with van der Waals surface area (Å²) in [4.78, 5) is 17.2. The Bertz CT molecular complexity index is 851. The van der Waals surface area contributed by atoms with Crippen molar-refractivity contribution in [3.05, 3.63) is 46.6 Å². The lowest BCUT2D eigenvalue weighted by atomic mass is 9.75. The molecule has 1 aromatic heterocycles. The predicted octanol–water partition coefficient (Wildman–Crippen LogP) is 4.54. The first-order valence-corrected chi connectivity index (χ1v) is 8.67. The van der Waals surface area contributed by atoms with Crippen molar-refractivity contribution in [2.45, 2.75) is 53.1 Å². The second-order valence-corrected chi connectivity index (χ2v) is 8.00. The Morgan fingerprint density at radius 3 is 2.67 bits per heavy atom. The van der Waals surface area contributed by atoms with Gasteiger partial charge in [-0.2, -0.15) is 0 Å². The zero-order valence-corrected chi connectivity index (χ0v) is 14.8. The molecule has 4 rings (SSSR count). The third-order valence-corrected chi connectivity index (χ3v) is 5.14. The fraction of sp³-hybridized carbons (Fsp3) is 0.429. The van der Waals surface area contributed by atoms with Gasteiger partial charge in [-0.15, -0.1) is 0 Å². The quantitative estimate of drug-likeness (QED) is 0.774. The number of nitrogens with zero attached hydrogens (tertiary/aromatic N) is 1. The number of carbonyl (C=O) groups is 1. The fourth-order valence-corrected chi connectivity index (χ4v) is 3.93. The van der Waals surface area contributed by atoms with Crippen molar-refractivity contribution in [3.8, 4) is 17.0 Å². The molecule has 0 bridgehead atoms. The maximum absolute atomic E-state index is 12.4. The minimum absolute atomic E-state index is 0.0179. The maximum Gasteiger partial charge on any atom is 0.165 e. The minimum atomic E-state index is -0.0179. The van der Waals surface area contributed by atoms with E-state index in [1.54, 1.807) is 0 Å². The molecule has 0 fully saturated rings. The molecule has 0 amide bonds. The summed E-state index contributed by atoms with van der Waals surface area (Å²) in [5.41, 5.74) is 6.20. The van der Waals surface area contributed by atoms with E-state index in [2.05, 4.69) is 39.8 Å². The van der Waals surface area contributed by atoms with Crippen LogP contribution in [0.2, 0.25) is 0 Å². The van der Waals surface area contributed by atoms with E-state index in [4.69, 9.17) is 9.72 Å². The first-order chi connectivity index (χ1) is 11.3. The van der Waals surface area contributed by atoms with Gasteiger partial charge in [-0.1, -0.05) is 19.9 Å². The highest BCUT2D eigenvalue weighted by molar-refractivity contribution is 5.99. The standard InChI is InChI=1S/C21H23NO2/c1-12-5-6-15(20-16(12)9-13(2)24-20)17-8-7-14-18(22-17)10-21(3,4)11-19(14)23/h5-8,13H,9-11H2,1-4H3. The van der Waals surface area contributed by atoms with Crippen molar-refractivity contribution >= 4 is 5.78 Å². The number of aromatic nitrogens is 1. The van der Waals surface area contributed by atoms with Crippen molar-refractivity contribution in [3.63, 3.8) is 0 Å². The molecule has 0 spiro atoms. The van der Waals surface area contributed by atoms with E-state index in [1.807, 2.05) is 12.1 Å². The number of fused-ring (bicyclic) bond motifs is 2. The van der Waals surface area contributed by atoms with E-state index < -0.39 is 0 Å². The van der Waals surface area contributed by atoms with Crippen LogP contribution in [-0.4, -0.2) is 16.9 Å². The molecule has 1 aliphatic carbocycles. The highest BCUT2D eigenvalue weighted by Crippen LogP contribution is 2.41. The number of hydrogen-bond donors (Lipinski definition) is 0. The Balaban J connectivity index is 1.83. The third kappa shape index (κ3) is 2.43. The number of pyridine rings is 1. The molecule has 1 aromatic carbocycles. The maximum atomic E-state index is 12.4. The van der Waals surface area contributed by atoms with Gasteiger partial charge in [0.2, 0.25) is 0 Å². The molecule has 2 heterocycles. The third-order valence-electron chi connectivity index (χ3n) is 5.14. The van der Waals surface area contributed by atoms with Crippen LogP contribution in [0.5, 0.6) is 5.75 Å². The summed E-state index contributed by atoms with van der Waals surface area (Å²) in [6.45, 7) is 8.50. The molecule has 24 heavy (non-hydrogen) atoms. The van der Waals surface area contributed by atoms with Gasteiger partial charge in [0.15, 0.2) is 5.78 Å². The number of carbonyl (C=O) groups excluding carboxylic acids is 1. The summed E-state index contributed by atoms with van der Waals surface area (Å²) >= 11 is 0. The monoisotopic (exact) mass is 321 g/mol. The number of hydrogen-bond acceptors (Lipinski definition) is 3. The van der Waals surface area contributed by atoms with Crippen molar-refractivity contribution in [1.29, 1.82) is 0 Å². The van der Waals surface area contributed by atoms with Gasteiger partial charge in [-0.25, -0.2) is 0 Å². The van der Waals surface area contributed by atoms with Gasteiger partial charge in [-0.05, 0) is 49.4 Å². The summed E-state index contributed by atoms with van der Waals surface area (Å²) < 4.78 is 6.07. The molecule has 1 aliphatic heterocycles. The van der Waals surface area contributed by atoms with Gasteiger partial charge in [0.1, 0.15) is 11.9 Å². The Morgan fingerprint density at radius 2 is 1.88 bits per heavy atom. The Morgan fingerprint density at radius 1 is 1.12 bits per heavy atom. The Labute approximate surface area is 143 Å². The molecule has 0 radical (unpaired) electrons. The van der Waals surface area contributed by atoms with Gasteiger partial charge in [0, 0.05) is 29.5 Å². The SMILES string of the molecule is Cc1ccc(-c2ccc3c(n2)CC(C)(C)CC3=O)c2c1CC(C)O2. The van der Waals surface area contributed by atoms with Gasteiger partial charge >= 0.3 is 0 Å². The van der Waals surface area contributed by atoms with Crippen LogP contribution < -0.4 is 4.74 Å². The molecule has 0 N–H and O–H groups in total. The van der Waals surface area contributed by atoms with Crippen LogP contribution in [0.4, 0.5) is 0 Å². The first kappa shape index (κ1) is 15.4. The van der Waals surface area contributed by atoms with Crippen LogP contribution in [0.1, 0.15) is 54.4 Å². The molecular weight excluding hydrogens is 298 g/mol. The Hall–Kier alpha value is -2.16. The summed E-state index contributed by atoms with van der Waals surface area (Å²) in [6.07, 6.45) is 2.60. The average molecular weight is 321 g/mol. The molecule has 0 saturated carbocycles. The van der Waals surface area contributed by atoms with Crippen molar-refractivity contribution < 1.29 is 9.53 Å². The van der Waals surface area contributed by atoms with E-state index in [0.29, 0.717) is 6.42 Å². The van der Waals surface area contributed by atoms with Crippen LogP contribution in [0.3, 0.4) is 0 Å². The normalized spacial score (nSPS) is 21.2. The molecule has 3 heteroatoms. The predicted molar refractivity (Wildman–Crippen MR) is 94.6 cm³/mol. The van der Waals surface area contributed by atoms with E-state index in [9.17, 15) is 4.79 Å². The van der Waals surface area contributed by atoms with E-state index in [-0.39, 0.29) is 17.3 Å². The average Bonchev–Trinajstić information content (AvgIpc) is 2.88. The van der Waals surface area contributed by atoms with Gasteiger partial charge in [0.05, 0.1) is 11.4 Å². The van der Waals surface area contributed by atoms with E-state index in [1.165, 1.54) is 11.1 Å². The first-order valence-electron chi connectivity index (χ1n) is 8.67. The second-order valence-electron chi connectivity index (χ2n) is 8.00.